The summed E-state index contributed by atoms with van der Waals surface area (Å²) in [6.45, 7) is 6.08. The summed E-state index contributed by atoms with van der Waals surface area (Å²) in [4.78, 5) is 27.8. The number of amides is 2. The molecule has 2 aromatic rings. The largest absolute Gasteiger partial charge is 0.348 e. The van der Waals surface area contributed by atoms with E-state index in [2.05, 4.69) is 30.5 Å². The van der Waals surface area contributed by atoms with Crippen LogP contribution in [0.3, 0.4) is 0 Å². The van der Waals surface area contributed by atoms with E-state index in [9.17, 15) is 9.59 Å². The highest BCUT2D eigenvalue weighted by Crippen LogP contribution is 2.26. The summed E-state index contributed by atoms with van der Waals surface area (Å²) in [5.74, 6) is 0.253. The molecule has 0 saturated heterocycles. The number of benzene rings is 1. The third kappa shape index (κ3) is 5.99. The van der Waals surface area contributed by atoms with Crippen molar-refractivity contribution < 1.29 is 9.59 Å². The van der Waals surface area contributed by atoms with Gasteiger partial charge in [0, 0.05) is 9.75 Å². The molecule has 4 nitrogen and oxygen atoms in total. The minimum Gasteiger partial charge on any atom is -0.348 e. The van der Waals surface area contributed by atoms with Crippen molar-refractivity contribution in [3.8, 4) is 0 Å². The molecule has 0 saturated carbocycles. The van der Waals surface area contributed by atoms with Crippen molar-refractivity contribution in [3.63, 3.8) is 0 Å². The number of aryl methyl sites for hydroxylation is 2. The number of thiophene rings is 1. The molecule has 0 radical (unpaired) electrons. The average Bonchev–Trinajstić information content (AvgIpc) is 2.97. The van der Waals surface area contributed by atoms with E-state index in [-0.39, 0.29) is 17.9 Å². The monoisotopic (exact) mass is 424 g/mol. The summed E-state index contributed by atoms with van der Waals surface area (Å²) in [5, 5.41) is 6.25. The topological polar surface area (TPSA) is 58.2 Å². The molecule has 2 atom stereocenters. The summed E-state index contributed by atoms with van der Waals surface area (Å²) in [7, 11) is 0. The second kappa shape index (κ2) is 10.2. The summed E-state index contributed by atoms with van der Waals surface area (Å²) in [6.07, 6.45) is 2.53. The first-order chi connectivity index (χ1) is 12.8. The summed E-state index contributed by atoms with van der Waals surface area (Å²) in [5.41, 5.74) is 1.49. The Balaban J connectivity index is 2.10. The van der Waals surface area contributed by atoms with E-state index in [1.165, 1.54) is 9.75 Å². The molecule has 2 N–H and O–H groups in total. The summed E-state index contributed by atoms with van der Waals surface area (Å²) >= 11 is 9.46. The van der Waals surface area contributed by atoms with E-state index in [1.54, 1.807) is 47.4 Å². The van der Waals surface area contributed by atoms with Crippen molar-refractivity contribution in [3.05, 3.63) is 56.2 Å². The Labute approximate surface area is 174 Å². The van der Waals surface area contributed by atoms with Crippen molar-refractivity contribution >= 4 is 46.5 Å². The van der Waals surface area contributed by atoms with Gasteiger partial charge in [-0.25, -0.2) is 0 Å². The zero-order valence-corrected chi connectivity index (χ0v) is 18.4. The number of thioether (sulfide) groups is 1. The number of carbonyl (C=O) groups excluding carboxylic acids is 2. The Hall–Kier alpha value is -1.50. The molecule has 146 valence electrons. The first-order valence-electron chi connectivity index (χ1n) is 8.75. The first-order valence-corrected chi connectivity index (χ1v) is 11.3. The number of carbonyl (C=O) groups is 2. The van der Waals surface area contributed by atoms with Crippen LogP contribution in [0.4, 0.5) is 0 Å². The van der Waals surface area contributed by atoms with Crippen LogP contribution in [0.1, 0.15) is 45.1 Å². The zero-order valence-electron chi connectivity index (χ0n) is 16.0. The fourth-order valence-electron chi connectivity index (χ4n) is 2.86. The molecule has 1 aromatic heterocycles. The molecule has 2 rings (SSSR count). The van der Waals surface area contributed by atoms with Gasteiger partial charge >= 0.3 is 0 Å². The number of hydrogen-bond acceptors (Lipinski definition) is 4. The normalized spacial score (nSPS) is 13.1. The van der Waals surface area contributed by atoms with Crippen molar-refractivity contribution in [2.45, 2.75) is 39.3 Å². The van der Waals surface area contributed by atoms with E-state index < -0.39 is 6.04 Å². The van der Waals surface area contributed by atoms with E-state index >= 15 is 0 Å². The molecule has 0 aliphatic heterocycles. The minimum atomic E-state index is -0.608. The van der Waals surface area contributed by atoms with Crippen LogP contribution < -0.4 is 10.6 Å². The van der Waals surface area contributed by atoms with Crippen molar-refractivity contribution in [2.75, 3.05) is 12.0 Å². The maximum absolute atomic E-state index is 12.8. The highest BCUT2D eigenvalue weighted by atomic mass is 35.5. The van der Waals surface area contributed by atoms with Gasteiger partial charge < -0.3 is 10.6 Å². The molecule has 1 heterocycles. The lowest BCUT2D eigenvalue weighted by Crippen LogP contribution is -2.47. The number of rotatable bonds is 8. The van der Waals surface area contributed by atoms with Crippen LogP contribution in [-0.4, -0.2) is 29.9 Å². The molecule has 7 heteroatoms. The minimum absolute atomic E-state index is 0.114. The SMILES string of the molecule is CSCCC(NC(=O)c1ccccc1Cl)C(=O)NC(C)c1cc(C)sc1C. The van der Waals surface area contributed by atoms with Gasteiger partial charge in [0.05, 0.1) is 16.6 Å². The number of halogens is 1. The summed E-state index contributed by atoms with van der Waals surface area (Å²) in [6, 6.07) is 8.22. The molecule has 1 aromatic carbocycles. The van der Waals surface area contributed by atoms with Crippen LogP contribution >= 0.6 is 34.7 Å². The average molecular weight is 425 g/mol. The number of nitrogens with one attached hydrogen (secondary N) is 2. The molecule has 2 amide bonds. The van der Waals surface area contributed by atoms with Gasteiger partial charge in [-0.05, 0) is 63.0 Å². The van der Waals surface area contributed by atoms with E-state index in [0.29, 0.717) is 17.0 Å². The lowest BCUT2D eigenvalue weighted by atomic mass is 10.1. The van der Waals surface area contributed by atoms with E-state index in [1.807, 2.05) is 13.2 Å². The van der Waals surface area contributed by atoms with Crippen LogP contribution in [0.2, 0.25) is 5.02 Å². The quantitative estimate of drug-likeness (QED) is 0.643. The van der Waals surface area contributed by atoms with Gasteiger partial charge in [0.25, 0.3) is 5.91 Å². The fraction of sp³-hybridized carbons (Fsp3) is 0.400. The lowest BCUT2D eigenvalue weighted by Gasteiger charge is -2.21. The fourth-order valence-corrected chi connectivity index (χ4v) is 4.57. The Kier molecular flexibility index (Phi) is 8.20. The zero-order chi connectivity index (χ0) is 20.0. The highest BCUT2D eigenvalue weighted by molar-refractivity contribution is 7.98. The third-order valence-electron chi connectivity index (χ3n) is 4.26. The molecule has 0 fully saturated rings. The Morgan fingerprint density at radius 3 is 2.52 bits per heavy atom. The van der Waals surface area contributed by atoms with Gasteiger partial charge in [0.15, 0.2) is 0 Å². The highest BCUT2D eigenvalue weighted by Gasteiger charge is 2.24. The third-order valence-corrected chi connectivity index (χ3v) is 6.21. The molecule has 0 bridgehead atoms. The van der Waals surface area contributed by atoms with Crippen molar-refractivity contribution in [1.29, 1.82) is 0 Å². The molecular weight excluding hydrogens is 400 g/mol. The van der Waals surface area contributed by atoms with Crippen LogP contribution in [-0.2, 0) is 4.79 Å². The Morgan fingerprint density at radius 1 is 1.22 bits per heavy atom. The van der Waals surface area contributed by atoms with Crippen molar-refractivity contribution in [1.82, 2.24) is 10.6 Å². The van der Waals surface area contributed by atoms with Crippen LogP contribution in [0.15, 0.2) is 30.3 Å². The molecule has 27 heavy (non-hydrogen) atoms. The molecular formula is C20H25ClN2O2S2. The lowest BCUT2D eigenvalue weighted by molar-refractivity contribution is -0.123. The van der Waals surface area contributed by atoms with Gasteiger partial charge in [-0.1, -0.05) is 23.7 Å². The van der Waals surface area contributed by atoms with E-state index in [4.69, 9.17) is 11.6 Å². The number of hydrogen-bond donors (Lipinski definition) is 2. The Morgan fingerprint density at radius 2 is 1.93 bits per heavy atom. The van der Waals surface area contributed by atoms with Gasteiger partial charge in [0.2, 0.25) is 5.91 Å². The Bertz CT molecular complexity index is 807. The smallest absolute Gasteiger partial charge is 0.253 e. The molecule has 2 unspecified atom stereocenters. The van der Waals surface area contributed by atoms with Crippen LogP contribution in [0, 0.1) is 13.8 Å². The van der Waals surface area contributed by atoms with Gasteiger partial charge in [-0.15, -0.1) is 11.3 Å². The maximum Gasteiger partial charge on any atom is 0.253 e. The predicted molar refractivity (Wildman–Crippen MR) is 116 cm³/mol. The van der Waals surface area contributed by atoms with Gasteiger partial charge in [-0.3, -0.25) is 9.59 Å². The van der Waals surface area contributed by atoms with Crippen LogP contribution in [0.5, 0.6) is 0 Å². The van der Waals surface area contributed by atoms with E-state index in [0.717, 1.165) is 11.3 Å². The molecule has 0 spiro atoms. The standard InChI is InChI=1S/C20H25ClN2O2S2/c1-12-11-16(14(3)27-12)13(2)22-20(25)18(9-10-26-4)23-19(24)15-7-5-6-8-17(15)21/h5-8,11,13,18H,9-10H2,1-4H3,(H,22,25)(H,23,24). The second-order valence-corrected chi connectivity index (χ2v) is 9.24. The summed E-state index contributed by atoms with van der Waals surface area (Å²) < 4.78 is 0. The molecule has 0 aliphatic carbocycles. The van der Waals surface area contributed by atoms with Crippen LogP contribution in [0.25, 0.3) is 0 Å². The van der Waals surface area contributed by atoms with Gasteiger partial charge in [-0.2, -0.15) is 11.8 Å². The maximum atomic E-state index is 12.8. The molecule has 0 aliphatic rings. The predicted octanol–water partition coefficient (Wildman–Crippen LogP) is 4.75. The van der Waals surface area contributed by atoms with Crippen molar-refractivity contribution in [2.24, 2.45) is 0 Å². The van der Waals surface area contributed by atoms with Gasteiger partial charge in [0.1, 0.15) is 6.04 Å². The second-order valence-electron chi connectivity index (χ2n) is 6.39. The first kappa shape index (κ1) is 21.8.